The number of hydrogen-bond acceptors (Lipinski definition) is 3. The van der Waals surface area contributed by atoms with Crippen LogP contribution in [0.4, 0.5) is 0 Å². The SMILES string of the molecule is NC(Cc1ccccc1)C(=O)N1CCN2C(=O)CCC2C1. The van der Waals surface area contributed by atoms with Crippen molar-refractivity contribution < 1.29 is 9.59 Å². The number of benzene rings is 1. The van der Waals surface area contributed by atoms with E-state index < -0.39 is 6.04 Å². The molecule has 2 N–H and O–H groups in total. The summed E-state index contributed by atoms with van der Waals surface area (Å²) in [6.07, 6.45) is 2.03. The van der Waals surface area contributed by atoms with E-state index in [9.17, 15) is 9.59 Å². The third kappa shape index (κ3) is 2.93. The van der Waals surface area contributed by atoms with Gasteiger partial charge >= 0.3 is 0 Å². The van der Waals surface area contributed by atoms with E-state index in [-0.39, 0.29) is 17.9 Å². The molecule has 5 nitrogen and oxygen atoms in total. The molecule has 2 atom stereocenters. The third-order valence-corrected chi connectivity index (χ3v) is 4.42. The van der Waals surface area contributed by atoms with E-state index in [0.717, 1.165) is 12.0 Å². The molecule has 0 bridgehead atoms. The van der Waals surface area contributed by atoms with Crippen molar-refractivity contribution in [1.82, 2.24) is 9.80 Å². The molecule has 2 unspecified atom stereocenters. The number of fused-ring (bicyclic) bond motifs is 1. The summed E-state index contributed by atoms with van der Waals surface area (Å²) < 4.78 is 0. The van der Waals surface area contributed by atoms with Crippen LogP contribution < -0.4 is 5.73 Å². The van der Waals surface area contributed by atoms with Crippen LogP contribution in [-0.4, -0.2) is 53.3 Å². The maximum atomic E-state index is 12.5. The Balaban J connectivity index is 1.59. The molecule has 0 radical (unpaired) electrons. The van der Waals surface area contributed by atoms with Gasteiger partial charge in [-0.1, -0.05) is 30.3 Å². The average molecular weight is 287 g/mol. The first-order valence-corrected chi connectivity index (χ1v) is 7.53. The van der Waals surface area contributed by atoms with Gasteiger partial charge in [0.15, 0.2) is 0 Å². The smallest absolute Gasteiger partial charge is 0.239 e. The van der Waals surface area contributed by atoms with E-state index in [1.54, 1.807) is 0 Å². The predicted octanol–water partition coefficient (Wildman–Crippen LogP) is 0.390. The first kappa shape index (κ1) is 14.1. The second-order valence-corrected chi connectivity index (χ2v) is 5.86. The van der Waals surface area contributed by atoms with Gasteiger partial charge in [0, 0.05) is 32.1 Å². The van der Waals surface area contributed by atoms with Gasteiger partial charge in [-0.15, -0.1) is 0 Å². The van der Waals surface area contributed by atoms with Crippen LogP contribution in [0.1, 0.15) is 18.4 Å². The highest BCUT2D eigenvalue weighted by Crippen LogP contribution is 2.23. The molecule has 1 aromatic carbocycles. The largest absolute Gasteiger partial charge is 0.338 e. The lowest BCUT2D eigenvalue weighted by atomic mass is 10.0. The molecular formula is C16H21N3O2. The molecule has 0 saturated carbocycles. The van der Waals surface area contributed by atoms with Crippen LogP contribution in [0.3, 0.4) is 0 Å². The summed E-state index contributed by atoms with van der Waals surface area (Å²) >= 11 is 0. The van der Waals surface area contributed by atoms with Crippen molar-refractivity contribution in [3.05, 3.63) is 35.9 Å². The van der Waals surface area contributed by atoms with Crippen LogP contribution in [0.5, 0.6) is 0 Å². The molecule has 112 valence electrons. The Kier molecular flexibility index (Phi) is 3.92. The van der Waals surface area contributed by atoms with Crippen LogP contribution in [0.15, 0.2) is 30.3 Å². The lowest BCUT2D eigenvalue weighted by Gasteiger charge is -2.38. The molecule has 0 spiro atoms. The molecule has 3 rings (SSSR count). The number of nitrogens with zero attached hydrogens (tertiary/aromatic N) is 2. The number of carbonyl (C=O) groups is 2. The van der Waals surface area contributed by atoms with Crippen LogP contribution in [0, 0.1) is 0 Å². The zero-order chi connectivity index (χ0) is 14.8. The molecule has 21 heavy (non-hydrogen) atoms. The summed E-state index contributed by atoms with van der Waals surface area (Å²) in [6.45, 7) is 1.88. The van der Waals surface area contributed by atoms with Gasteiger partial charge in [0.1, 0.15) is 0 Å². The van der Waals surface area contributed by atoms with E-state index in [4.69, 9.17) is 5.73 Å². The van der Waals surface area contributed by atoms with Crippen molar-refractivity contribution in [1.29, 1.82) is 0 Å². The summed E-state index contributed by atoms with van der Waals surface area (Å²) in [5, 5.41) is 0. The molecular weight excluding hydrogens is 266 g/mol. The average Bonchev–Trinajstić information content (AvgIpc) is 2.88. The Bertz CT molecular complexity index is 532. The maximum Gasteiger partial charge on any atom is 0.239 e. The Morgan fingerprint density at radius 3 is 2.81 bits per heavy atom. The summed E-state index contributed by atoms with van der Waals surface area (Å²) in [5.41, 5.74) is 7.15. The lowest BCUT2D eigenvalue weighted by Crippen LogP contribution is -2.56. The summed E-state index contributed by atoms with van der Waals surface area (Å²) in [5.74, 6) is 0.221. The minimum atomic E-state index is -0.504. The summed E-state index contributed by atoms with van der Waals surface area (Å²) in [6, 6.07) is 9.52. The van der Waals surface area contributed by atoms with E-state index >= 15 is 0 Å². The second-order valence-electron chi connectivity index (χ2n) is 5.86. The van der Waals surface area contributed by atoms with Gasteiger partial charge < -0.3 is 15.5 Å². The Hall–Kier alpha value is -1.88. The number of amides is 2. The second kappa shape index (κ2) is 5.85. The van der Waals surface area contributed by atoms with Gasteiger partial charge in [0.25, 0.3) is 0 Å². The zero-order valence-corrected chi connectivity index (χ0v) is 12.1. The quantitative estimate of drug-likeness (QED) is 0.874. The summed E-state index contributed by atoms with van der Waals surface area (Å²) in [7, 11) is 0. The molecule has 2 heterocycles. The highest BCUT2D eigenvalue weighted by Gasteiger charge is 2.37. The highest BCUT2D eigenvalue weighted by atomic mass is 16.2. The number of nitrogens with two attached hydrogens (primary N) is 1. The first-order valence-electron chi connectivity index (χ1n) is 7.53. The van der Waals surface area contributed by atoms with Crippen LogP contribution in [-0.2, 0) is 16.0 Å². The van der Waals surface area contributed by atoms with E-state index in [1.165, 1.54) is 0 Å². The van der Waals surface area contributed by atoms with Crippen molar-refractivity contribution in [3.8, 4) is 0 Å². The molecule has 2 amide bonds. The van der Waals surface area contributed by atoms with E-state index in [1.807, 2.05) is 40.1 Å². The number of hydrogen-bond donors (Lipinski definition) is 1. The van der Waals surface area contributed by atoms with Crippen LogP contribution in [0.25, 0.3) is 0 Å². The Morgan fingerprint density at radius 2 is 2.05 bits per heavy atom. The van der Waals surface area contributed by atoms with Crippen molar-refractivity contribution in [3.63, 3.8) is 0 Å². The minimum Gasteiger partial charge on any atom is -0.338 e. The van der Waals surface area contributed by atoms with Gasteiger partial charge in [-0.25, -0.2) is 0 Å². The topological polar surface area (TPSA) is 66.6 Å². The Labute approximate surface area is 124 Å². The standard InChI is InChI=1S/C16H21N3O2/c17-14(10-12-4-2-1-3-5-12)16(21)18-8-9-19-13(11-18)6-7-15(19)20/h1-5,13-14H,6-11,17H2. The molecule has 0 aromatic heterocycles. The fourth-order valence-electron chi connectivity index (χ4n) is 3.25. The van der Waals surface area contributed by atoms with Gasteiger partial charge in [-0.2, -0.15) is 0 Å². The predicted molar refractivity (Wildman–Crippen MR) is 79.4 cm³/mol. The zero-order valence-electron chi connectivity index (χ0n) is 12.1. The van der Waals surface area contributed by atoms with Crippen molar-refractivity contribution in [2.45, 2.75) is 31.3 Å². The molecule has 2 aliphatic heterocycles. The fourth-order valence-corrected chi connectivity index (χ4v) is 3.25. The molecule has 2 fully saturated rings. The van der Waals surface area contributed by atoms with Crippen molar-refractivity contribution >= 4 is 11.8 Å². The minimum absolute atomic E-state index is 0.00199. The molecule has 1 aromatic rings. The van der Waals surface area contributed by atoms with Gasteiger partial charge in [0.05, 0.1) is 6.04 Å². The fraction of sp³-hybridized carbons (Fsp3) is 0.500. The normalized spacial score (nSPS) is 23.1. The van der Waals surface area contributed by atoms with Gasteiger partial charge in [-0.05, 0) is 18.4 Å². The molecule has 2 aliphatic rings. The number of carbonyl (C=O) groups excluding carboxylic acids is 2. The molecule has 0 aliphatic carbocycles. The molecule has 2 saturated heterocycles. The maximum absolute atomic E-state index is 12.5. The number of rotatable bonds is 3. The third-order valence-electron chi connectivity index (χ3n) is 4.42. The van der Waals surface area contributed by atoms with Crippen LogP contribution in [0.2, 0.25) is 0 Å². The lowest BCUT2D eigenvalue weighted by molar-refractivity contribution is -0.139. The van der Waals surface area contributed by atoms with E-state index in [2.05, 4.69) is 0 Å². The number of piperazine rings is 1. The van der Waals surface area contributed by atoms with Crippen molar-refractivity contribution in [2.24, 2.45) is 5.73 Å². The molecule has 5 heteroatoms. The monoisotopic (exact) mass is 287 g/mol. The van der Waals surface area contributed by atoms with E-state index in [0.29, 0.717) is 32.5 Å². The van der Waals surface area contributed by atoms with Gasteiger partial charge in [0.2, 0.25) is 11.8 Å². The highest BCUT2D eigenvalue weighted by molar-refractivity contribution is 5.83. The van der Waals surface area contributed by atoms with Crippen molar-refractivity contribution in [2.75, 3.05) is 19.6 Å². The first-order chi connectivity index (χ1) is 10.1. The van der Waals surface area contributed by atoms with Crippen LogP contribution >= 0.6 is 0 Å². The Morgan fingerprint density at radius 1 is 1.29 bits per heavy atom. The van der Waals surface area contributed by atoms with Gasteiger partial charge in [-0.3, -0.25) is 9.59 Å². The summed E-state index contributed by atoms with van der Waals surface area (Å²) in [4.78, 5) is 27.9.